The van der Waals surface area contributed by atoms with Crippen molar-refractivity contribution >= 4 is 27.3 Å². The highest BCUT2D eigenvalue weighted by molar-refractivity contribution is 7.17. The Hall–Kier alpha value is -4.81. The highest BCUT2D eigenvalue weighted by Gasteiger charge is 2.17. The van der Waals surface area contributed by atoms with Gasteiger partial charge in [-0.2, -0.15) is 5.26 Å². The molecule has 4 aromatic heterocycles. The summed E-state index contributed by atoms with van der Waals surface area (Å²) in [7, 11) is 3.23. The molecule has 0 saturated carbocycles. The van der Waals surface area contributed by atoms with Crippen LogP contribution in [-0.2, 0) is 6.61 Å². The average molecular weight is 523 g/mol. The minimum atomic E-state index is 0.241. The van der Waals surface area contributed by atoms with Crippen LogP contribution in [0.2, 0.25) is 0 Å². The average Bonchev–Trinajstić information content (AvgIpc) is 3.64. The summed E-state index contributed by atoms with van der Waals surface area (Å²) >= 11 is 1.63. The van der Waals surface area contributed by atoms with Crippen LogP contribution < -0.4 is 14.2 Å². The molecule has 0 aliphatic carbocycles. The van der Waals surface area contributed by atoms with E-state index in [9.17, 15) is 5.26 Å². The lowest BCUT2D eigenvalue weighted by Crippen LogP contribution is -2.00. The van der Waals surface area contributed by atoms with Crippen LogP contribution in [0.25, 0.3) is 38.5 Å². The fraction of sp³-hybridized carbons (Fsp3) is 0.138. The number of benzene rings is 2. The molecule has 0 fully saturated rings. The quantitative estimate of drug-likeness (QED) is 0.232. The van der Waals surface area contributed by atoms with Gasteiger partial charge in [-0.1, -0.05) is 6.07 Å². The summed E-state index contributed by atoms with van der Waals surface area (Å²) in [4.78, 5) is 11.0. The van der Waals surface area contributed by atoms with Crippen LogP contribution in [0.15, 0.2) is 71.7 Å². The van der Waals surface area contributed by atoms with Gasteiger partial charge in [-0.15, -0.1) is 11.3 Å². The first-order valence-corrected chi connectivity index (χ1v) is 12.6. The van der Waals surface area contributed by atoms with Crippen LogP contribution in [0.3, 0.4) is 0 Å². The smallest absolute Gasteiger partial charge is 0.194 e. The summed E-state index contributed by atoms with van der Waals surface area (Å²) in [6.45, 7) is 2.30. The molecule has 0 radical (unpaired) electrons. The first-order chi connectivity index (χ1) is 18.5. The molecule has 0 amide bonds. The molecule has 0 atom stereocenters. The van der Waals surface area contributed by atoms with Gasteiger partial charge in [0, 0.05) is 52.9 Å². The van der Waals surface area contributed by atoms with Gasteiger partial charge in [0.25, 0.3) is 0 Å². The topological polar surface area (TPSA) is 94.8 Å². The van der Waals surface area contributed by atoms with Crippen molar-refractivity contribution in [3.63, 3.8) is 0 Å². The molecule has 0 unspecified atom stereocenters. The Kier molecular flexibility index (Phi) is 5.94. The van der Waals surface area contributed by atoms with Gasteiger partial charge in [0.05, 0.1) is 25.2 Å². The SMILES string of the molecule is COc1cc(OCc2cc(-c3cncc(C#N)c3)ccc2OC)c2cc(-c3cn4cc(C)sc4n3)oc2c1. The molecule has 188 valence electrons. The number of imidazole rings is 1. The van der Waals surface area contributed by atoms with Gasteiger partial charge in [-0.25, -0.2) is 4.98 Å². The minimum Gasteiger partial charge on any atom is -0.496 e. The van der Waals surface area contributed by atoms with Crippen molar-refractivity contribution in [1.29, 1.82) is 5.26 Å². The minimum absolute atomic E-state index is 0.241. The second-order valence-corrected chi connectivity index (χ2v) is 9.91. The molecule has 6 aromatic rings. The molecule has 0 aliphatic heterocycles. The fourth-order valence-electron chi connectivity index (χ4n) is 4.36. The maximum absolute atomic E-state index is 9.24. The molecule has 4 heterocycles. The van der Waals surface area contributed by atoms with E-state index in [-0.39, 0.29) is 6.61 Å². The second-order valence-electron chi connectivity index (χ2n) is 8.70. The molecule has 0 spiro atoms. The van der Waals surface area contributed by atoms with E-state index in [2.05, 4.69) is 18.0 Å². The lowest BCUT2D eigenvalue weighted by molar-refractivity contribution is 0.298. The van der Waals surface area contributed by atoms with Crippen molar-refractivity contribution in [1.82, 2.24) is 14.4 Å². The van der Waals surface area contributed by atoms with Crippen LogP contribution in [0.5, 0.6) is 17.2 Å². The summed E-state index contributed by atoms with van der Waals surface area (Å²) in [5.41, 5.74) is 4.48. The van der Waals surface area contributed by atoms with Gasteiger partial charge in [0.1, 0.15) is 41.2 Å². The molecular weight excluding hydrogens is 500 g/mol. The van der Waals surface area contributed by atoms with Crippen LogP contribution in [0.1, 0.15) is 16.0 Å². The van der Waals surface area contributed by atoms with Gasteiger partial charge >= 0.3 is 0 Å². The summed E-state index contributed by atoms with van der Waals surface area (Å²) in [6.07, 6.45) is 7.27. The van der Waals surface area contributed by atoms with Crippen molar-refractivity contribution < 1.29 is 18.6 Å². The van der Waals surface area contributed by atoms with Crippen LogP contribution in [0, 0.1) is 18.3 Å². The fourth-order valence-corrected chi connectivity index (χ4v) is 5.17. The molecular formula is C29H22N4O4S. The maximum Gasteiger partial charge on any atom is 0.194 e. The predicted molar refractivity (Wildman–Crippen MR) is 145 cm³/mol. The van der Waals surface area contributed by atoms with Crippen molar-refractivity contribution in [2.24, 2.45) is 0 Å². The predicted octanol–water partition coefficient (Wildman–Crippen LogP) is 6.65. The number of thiazole rings is 1. The van der Waals surface area contributed by atoms with E-state index in [1.165, 1.54) is 11.1 Å². The Balaban J connectivity index is 1.34. The Morgan fingerprint density at radius 2 is 1.89 bits per heavy atom. The zero-order chi connectivity index (χ0) is 26.2. The van der Waals surface area contributed by atoms with E-state index >= 15 is 0 Å². The Morgan fingerprint density at radius 3 is 2.68 bits per heavy atom. The van der Waals surface area contributed by atoms with Gasteiger partial charge in [-0.3, -0.25) is 9.38 Å². The lowest BCUT2D eigenvalue weighted by Gasteiger charge is -2.13. The number of nitrogens with zero attached hydrogens (tertiary/aromatic N) is 4. The third kappa shape index (κ3) is 4.31. The zero-order valence-electron chi connectivity index (χ0n) is 20.9. The second kappa shape index (κ2) is 9.57. The number of hydrogen-bond acceptors (Lipinski definition) is 8. The van der Waals surface area contributed by atoms with Gasteiger partial charge < -0.3 is 18.6 Å². The zero-order valence-corrected chi connectivity index (χ0v) is 21.7. The van der Waals surface area contributed by atoms with Gasteiger partial charge in [0.2, 0.25) is 0 Å². The number of aryl methyl sites for hydroxylation is 1. The third-order valence-corrected chi connectivity index (χ3v) is 7.11. The maximum atomic E-state index is 9.24. The Morgan fingerprint density at radius 1 is 1.00 bits per heavy atom. The van der Waals surface area contributed by atoms with E-state index in [1.54, 1.807) is 37.8 Å². The molecule has 38 heavy (non-hydrogen) atoms. The van der Waals surface area contributed by atoms with E-state index in [0.717, 1.165) is 32.7 Å². The standard InChI is InChI=1S/C29H22N4O4S/c1-17-14-33-15-24(32-29(33)38-17)28-10-23-26(8-22(34-2)9-27(23)37-28)36-16-21-7-19(4-5-25(21)35-3)20-6-18(11-30)12-31-13-20/h4-10,12-15H,16H2,1-3H3. The number of methoxy groups -OCH3 is 2. The summed E-state index contributed by atoms with van der Waals surface area (Å²) in [5.74, 6) is 2.58. The lowest BCUT2D eigenvalue weighted by atomic mass is 10.0. The highest BCUT2D eigenvalue weighted by Crippen LogP contribution is 2.38. The first-order valence-electron chi connectivity index (χ1n) is 11.8. The Labute approximate surface area is 222 Å². The Bertz CT molecular complexity index is 1810. The van der Waals surface area contributed by atoms with Crippen LogP contribution >= 0.6 is 11.3 Å². The number of aromatic nitrogens is 3. The monoisotopic (exact) mass is 522 g/mol. The van der Waals surface area contributed by atoms with Crippen molar-refractivity contribution in [3.05, 3.63) is 83.3 Å². The number of hydrogen-bond donors (Lipinski definition) is 0. The largest absolute Gasteiger partial charge is 0.496 e. The number of fused-ring (bicyclic) bond motifs is 2. The molecule has 9 heteroatoms. The molecule has 2 aromatic carbocycles. The van der Waals surface area contributed by atoms with E-state index in [4.69, 9.17) is 23.6 Å². The summed E-state index contributed by atoms with van der Waals surface area (Å²) in [5, 5.41) is 10.1. The molecule has 0 aliphatic rings. The van der Waals surface area contributed by atoms with Crippen molar-refractivity contribution in [2.45, 2.75) is 13.5 Å². The van der Waals surface area contributed by atoms with E-state index in [1.807, 2.05) is 53.2 Å². The van der Waals surface area contributed by atoms with Gasteiger partial charge in [-0.05, 0) is 36.8 Å². The summed E-state index contributed by atoms with van der Waals surface area (Å²) in [6, 6.07) is 15.4. The van der Waals surface area contributed by atoms with E-state index in [0.29, 0.717) is 34.2 Å². The number of rotatable bonds is 7. The number of ether oxygens (including phenoxy) is 3. The van der Waals surface area contributed by atoms with Crippen molar-refractivity contribution in [2.75, 3.05) is 14.2 Å². The van der Waals surface area contributed by atoms with Crippen LogP contribution in [0.4, 0.5) is 0 Å². The molecule has 0 bridgehead atoms. The third-order valence-electron chi connectivity index (χ3n) is 6.20. The number of furan rings is 1. The van der Waals surface area contributed by atoms with Crippen molar-refractivity contribution in [3.8, 4) is 45.9 Å². The first kappa shape index (κ1) is 23.6. The van der Waals surface area contributed by atoms with Gasteiger partial charge in [0.15, 0.2) is 10.7 Å². The van der Waals surface area contributed by atoms with E-state index < -0.39 is 0 Å². The van der Waals surface area contributed by atoms with Crippen LogP contribution in [-0.4, -0.2) is 28.6 Å². The molecule has 8 nitrogen and oxygen atoms in total. The highest BCUT2D eigenvalue weighted by atomic mass is 32.1. The summed E-state index contributed by atoms with van der Waals surface area (Å²) < 4.78 is 25.6. The molecule has 6 rings (SSSR count). The normalized spacial score (nSPS) is 11.1. The molecule has 0 N–H and O–H groups in total. The number of nitriles is 1. The number of pyridine rings is 1. The molecule has 0 saturated heterocycles.